The van der Waals surface area contributed by atoms with E-state index in [4.69, 9.17) is 11.1 Å². The van der Waals surface area contributed by atoms with E-state index < -0.39 is 19.7 Å². The Morgan fingerprint density at radius 1 is 0.870 bits per heavy atom. The Morgan fingerprint density at radius 2 is 1.48 bits per heavy atom. The average Bonchev–Trinajstić information content (AvgIpc) is 2.57. The number of rotatable bonds is 4. The first-order chi connectivity index (χ1) is 11.1. The SMILES string of the molecule is Fc1ccc(C2CCC(CCC3CC[SiH](Cl)CC3)CC2)cc1F. The van der Waals surface area contributed by atoms with E-state index in [-0.39, 0.29) is 0 Å². The molecule has 1 saturated heterocycles. The van der Waals surface area contributed by atoms with Gasteiger partial charge in [0.05, 0.1) is 0 Å². The zero-order chi connectivity index (χ0) is 16.2. The number of benzene rings is 1. The van der Waals surface area contributed by atoms with Crippen LogP contribution in [0.4, 0.5) is 8.78 Å². The molecule has 0 radical (unpaired) electrons. The fourth-order valence-corrected chi connectivity index (χ4v) is 7.14. The van der Waals surface area contributed by atoms with Crippen molar-refractivity contribution in [2.75, 3.05) is 0 Å². The lowest BCUT2D eigenvalue weighted by atomic mass is 9.76. The predicted octanol–water partition coefficient (Wildman–Crippen LogP) is 6.39. The van der Waals surface area contributed by atoms with Crippen LogP contribution in [-0.2, 0) is 0 Å². The van der Waals surface area contributed by atoms with E-state index in [1.165, 1.54) is 62.7 Å². The van der Waals surface area contributed by atoms with Crippen molar-refractivity contribution in [1.82, 2.24) is 0 Å². The van der Waals surface area contributed by atoms with Gasteiger partial charge in [0.25, 0.3) is 0 Å². The summed E-state index contributed by atoms with van der Waals surface area (Å²) in [4.78, 5) is 0. The van der Waals surface area contributed by atoms with E-state index in [0.717, 1.165) is 30.2 Å². The van der Waals surface area contributed by atoms with Crippen molar-refractivity contribution in [3.8, 4) is 0 Å². The molecule has 0 unspecified atom stereocenters. The van der Waals surface area contributed by atoms with Gasteiger partial charge in [-0.1, -0.05) is 31.7 Å². The van der Waals surface area contributed by atoms with Crippen molar-refractivity contribution in [3.63, 3.8) is 0 Å². The summed E-state index contributed by atoms with van der Waals surface area (Å²) < 4.78 is 26.4. The van der Waals surface area contributed by atoms with Crippen molar-refractivity contribution in [2.24, 2.45) is 11.8 Å². The van der Waals surface area contributed by atoms with Gasteiger partial charge in [0, 0.05) is 0 Å². The molecule has 23 heavy (non-hydrogen) atoms. The molecule has 0 atom stereocenters. The monoisotopic (exact) mass is 356 g/mol. The maximum atomic E-state index is 13.4. The van der Waals surface area contributed by atoms with E-state index in [9.17, 15) is 8.78 Å². The smallest absolute Gasteiger partial charge is 0.159 e. The largest absolute Gasteiger partial charge is 0.204 e. The van der Waals surface area contributed by atoms with Crippen LogP contribution < -0.4 is 0 Å². The standard InChI is InChI=1S/C19H27ClF2Si/c20-23-11-9-15(10-12-23)2-1-14-3-5-16(6-4-14)17-7-8-18(21)19(22)13-17/h7-8,13-16,23H,1-6,9-12H2. The zero-order valence-electron chi connectivity index (χ0n) is 13.7. The van der Waals surface area contributed by atoms with Gasteiger partial charge < -0.3 is 0 Å². The lowest BCUT2D eigenvalue weighted by Crippen LogP contribution is -2.18. The van der Waals surface area contributed by atoms with E-state index in [2.05, 4.69) is 0 Å². The van der Waals surface area contributed by atoms with E-state index in [1.54, 1.807) is 6.07 Å². The summed E-state index contributed by atoms with van der Waals surface area (Å²) in [6, 6.07) is 7.09. The molecule has 0 bridgehead atoms. The summed E-state index contributed by atoms with van der Waals surface area (Å²) in [6.45, 7) is 0. The molecule has 1 heterocycles. The molecule has 1 saturated carbocycles. The first kappa shape index (κ1) is 17.4. The molecule has 1 aromatic carbocycles. The van der Waals surface area contributed by atoms with Gasteiger partial charge in [-0.3, -0.25) is 0 Å². The van der Waals surface area contributed by atoms with Crippen LogP contribution in [0.3, 0.4) is 0 Å². The maximum absolute atomic E-state index is 13.4. The summed E-state index contributed by atoms with van der Waals surface area (Å²) in [5.74, 6) is 0.725. The zero-order valence-corrected chi connectivity index (χ0v) is 15.7. The topological polar surface area (TPSA) is 0 Å². The second kappa shape index (κ2) is 8.11. The van der Waals surface area contributed by atoms with Gasteiger partial charge in [-0.2, -0.15) is 11.1 Å². The molecule has 0 spiro atoms. The first-order valence-electron chi connectivity index (χ1n) is 9.21. The normalized spacial score (nSPS) is 32.0. The van der Waals surface area contributed by atoms with Gasteiger partial charge in [0.2, 0.25) is 0 Å². The molecule has 0 nitrogen and oxygen atoms in total. The number of hydrogen-bond donors (Lipinski definition) is 0. The van der Waals surface area contributed by atoms with E-state index >= 15 is 0 Å². The van der Waals surface area contributed by atoms with Gasteiger partial charge in [-0.25, -0.2) is 8.78 Å². The minimum Gasteiger partial charge on any atom is -0.204 e. The van der Waals surface area contributed by atoms with Gasteiger partial charge in [0.15, 0.2) is 11.6 Å². The summed E-state index contributed by atoms with van der Waals surface area (Å²) >= 11 is 6.31. The Kier molecular flexibility index (Phi) is 6.14. The van der Waals surface area contributed by atoms with Crippen molar-refractivity contribution in [1.29, 1.82) is 0 Å². The Hall–Kier alpha value is -0.413. The van der Waals surface area contributed by atoms with Crippen molar-refractivity contribution in [2.45, 2.75) is 69.4 Å². The lowest BCUT2D eigenvalue weighted by Gasteiger charge is -2.31. The lowest BCUT2D eigenvalue weighted by molar-refractivity contribution is 0.280. The highest BCUT2D eigenvalue weighted by Gasteiger charge is 2.25. The summed E-state index contributed by atoms with van der Waals surface area (Å²) in [7, 11) is -0.828. The number of halogens is 3. The quantitative estimate of drug-likeness (QED) is 0.433. The highest BCUT2D eigenvalue weighted by Crippen LogP contribution is 2.39. The average molecular weight is 357 g/mol. The highest BCUT2D eigenvalue weighted by molar-refractivity contribution is 7.07. The Bertz CT molecular complexity index is 506. The Balaban J connectivity index is 1.42. The Morgan fingerprint density at radius 3 is 2.09 bits per heavy atom. The highest BCUT2D eigenvalue weighted by atomic mass is 35.6. The van der Waals surface area contributed by atoms with Gasteiger partial charge >= 0.3 is 0 Å². The van der Waals surface area contributed by atoms with Crippen LogP contribution in [0.15, 0.2) is 18.2 Å². The van der Waals surface area contributed by atoms with Gasteiger partial charge in [-0.15, -0.1) is 0 Å². The molecule has 2 fully saturated rings. The maximum Gasteiger partial charge on any atom is 0.159 e. The second-order valence-corrected chi connectivity index (χ2v) is 11.8. The molecule has 0 aromatic heterocycles. The first-order valence-corrected chi connectivity index (χ1v) is 12.6. The van der Waals surface area contributed by atoms with Gasteiger partial charge in [-0.05, 0) is 73.2 Å². The van der Waals surface area contributed by atoms with Crippen LogP contribution >= 0.6 is 11.1 Å². The minimum atomic E-state index is -0.828. The molecular formula is C19H27ClF2Si. The molecular weight excluding hydrogens is 330 g/mol. The van der Waals surface area contributed by atoms with Crippen LogP contribution in [0, 0.1) is 23.5 Å². The molecule has 0 amide bonds. The van der Waals surface area contributed by atoms with Crippen LogP contribution in [0.5, 0.6) is 0 Å². The van der Waals surface area contributed by atoms with Gasteiger partial charge in [0.1, 0.15) is 8.11 Å². The summed E-state index contributed by atoms with van der Waals surface area (Å²) in [5, 5.41) is 0. The Labute approximate surface area is 144 Å². The van der Waals surface area contributed by atoms with Crippen molar-refractivity contribution in [3.05, 3.63) is 35.4 Å². The van der Waals surface area contributed by atoms with Crippen LogP contribution in [0.1, 0.15) is 62.8 Å². The van der Waals surface area contributed by atoms with Crippen LogP contribution in [-0.4, -0.2) is 8.11 Å². The third-order valence-corrected chi connectivity index (χ3v) is 9.25. The fourth-order valence-electron chi connectivity index (χ4n) is 4.43. The molecule has 4 heteroatoms. The summed E-state index contributed by atoms with van der Waals surface area (Å²) in [6.07, 6.45) is 10.2. The van der Waals surface area contributed by atoms with Crippen LogP contribution in [0.2, 0.25) is 12.1 Å². The molecule has 0 N–H and O–H groups in total. The molecule has 1 aliphatic carbocycles. The molecule has 1 aliphatic heterocycles. The fraction of sp³-hybridized carbons (Fsp3) is 0.684. The minimum absolute atomic E-state index is 0.416. The third kappa shape index (κ3) is 4.79. The van der Waals surface area contributed by atoms with E-state index in [0.29, 0.717) is 5.92 Å². The second-order valence-electron chi connectivity index (χ2n) is 7.59. The van der Waals surface area contributed by atoms with Crippen LogP contribution in [0.25, 0.3) is 0 Å². The molecule has 3 rings (SSSR count). The molecule has 1 aromatic rings. The summed E-state index contributed by atoms with van der Waals surface area (Å²) in [5.41, 5.74) is 0.979. The number of hydrogen-bond acceptors (Lipinski definition) is 0. The van der Waals surface area contributed by atoms with Crippen molar-refractivity contribution < 1.29 is 8.78 Å². The van der Waals surface area contributed by atoms with Crippen molar-refractivity contribution >= 4 is 19.2 Å². The van der Waals surface area contributed by atoms with E-state index in [1.807, 2.05) is 0 Å². The third-order valence-electron chi connectivity index (χ3n) is 6.02. The molecule has 2 aliphatic rings. The molecule has 128 valence electrons. The predicted molar refractivity (Wildman–Crippen MR) is 95.6 cm³/mol.